The van der Waals surface area contributed by atoms with E-state index in [1.165, 1.54) is 24.8 Å². The molecule has 0 bridgehead atoms. The van der Waals surface area contributed by atoms with Crippen molar-refractivity contribution >= 4 is 15.9 Å². The lowest BCUT2D eigenvalue weighted by molar-refractivity contribution is -0.302. The molecule has 0 N–H and O–H groups in total. The topological polar surface area (TPSA) is 12.5 Å². The lowest BCUT2D eigenvalue weighted by atomic mass is 9.82. The van der Waals surface area contributed by atoms with E-state index in [4.69, 9.17) is 4.84 Å². The molecule has 1 aliphatic rings. The monoisotopic (exact) mass is 339 g/mol. The van der Waals surface area contributed by atoms with Crippen LogP contribution in [0.2, 0.25) is 0 Å². The quantitative estimate of drug-likeness (QED) is 0.707. The first kappa shape index (κ1) is 16.0. The average Bonchev–Trinajstić information content (AvgIpc) is 2.38. The van der Waals surface area contributed by atoms with Crippen molar-refractivity contribution in [1.82, 2.24) is 5.06 Å². The largest absolute Gasteiger partial charge is 0.289 e. The van der Waals surface area contributed by atoms with Crippen LogP contribution in [0.3, 0.4) is 0 Å². The molecule has 0 radical (unpaired) electrons. The van der Waals surface area contributed by atoms with Crippen molar-refractivity contribution in [2.24, 2.45) is 0 Å². The zero-order valence-electron chi connectivity index (χ0n) is 13.0. The highest BCUT2D eigenvalue weighted by atomic mass is 79.9. The van der Waals surface area contributed by atoms with Gasteiger partial charge < -0.3 is 0 Å². The molecule has 1 saturated heterocycles. The molecule has 1 atom stereocenters. The standard InChI is InChI=1S/C17H26BrNO/c1-16(2)11-8-12-17(3,4)19(16)20-15(13-18)14-9-6-5-7-10-14/h5-7,9-10,15H,8,11-13H2,1-4H3. The van der Waals surface area contributed by atoms with Crippen LogP contribution in [0.15, 0.2) is 30.3 Å². The van der Waals surface area contributed by atoms with Crippen molar-refractivity contribution in [1.29, 1.82) is 0 Å². The molecule has 2 rings (SSSR count). The molecule has 2 nitrogen and oxygen atoms in total. The van der Waals surface area contributed by atoms with Crippen molar-refractivity contribution < 1.29 is 4.84 Å². The van der Waals surface area contributed by atoms with Crippen molar-refractivity contribution in [3.63, 3.8) is 0 Å². The SMILES string of the molecule is CC1(C)CCCC(C)(C)N1OC(CBr)c1ccccc1. The number of benzene rings is 1. The summed E-state index contributed by atoms with van der Waals surface area (Å²) in [4.78, 5) is 6.44. The molecule has 0 spiro atoms. The number of hydroxylamine groups is 2. The Bertz CT molecular complexity index is 414. The highest BCUT2D eigenvalue weighted by molar-refractivity contribution is 9.09. The minimum Gasteiger partial charge on any atom is -0.289 e. The number of alkyl halides is 1. The van der Waals surface area contributed by atoms with Crippen LogP contribution in [0.5, 0.6) is 0 Å². The summed E-state index contributed by atoms with van der Waals surface area (Å²) >= 11 is 3.60. The van der Waals surface area contributed by atoms with Gasteiger partial charge in [-0.3, -0.25) is 4.84 Å². The second kappa shape index (κ2) is 6.17. The summed E-state index contributed by atoms with van der Waals surface area (Å²) in [6.45, 7) is 9.13. The van der Waals surface area contributed by atoms with Crippen LogP contribution in [0.1, 0.15) is 58.6 Å². The van der Waals surface area contributed by atoms with E-state index < -0.39 is 0 Å². The summed E-state index contributed by atoms with van der Waals surface area (Å²) in [7, 11) is 0. The Hall–Kier alpha value is -0.380. The van der Waals surface area contributed by atoms with E-state index in [9.17, 15) is 0 Å². The van der Waals surface area contributed by atoms with Crippen molar-refractivity contribution in [2.45, 2.75) is 64.1 Å². The molecule has 1 unspecified atom stereocenters. The highest BCUT2D eigenvalue weighted by Crippen LogP contribution is 2.40. The van der Waals surface area contributed by atoms with E-state index in [0.29, 0.717) is 0 Å². The fourth-order valence-electron chi connectivity index (χ4n) is 3.23. The molecule has 0 aromatic heterocycles. The van der Waals surface area contributed by atoms with Crippen LogP contribution < -0.4 is 0 Å². The maximum atomic E-state index is 6.44. The van der Waals surface area contributed by atoms with Gasteiger partial charge in [-0.05, 0) is 52.5 Å². The number of halogens is 1. The Morgan fingerprint density at radius 3 is 2.15 bits per heavy atom. The fraction of sp³-hybridized carbons (Fsp3) is 0.647. The maximum Gasteiger partial charge on any atom is 0.114 e. The Morgan fingerprint density at radius 2 is 1.65 bits per heavy atom. The van der Waals surface area contributed by atoms with E-state index in [1.54, 1.807) is 0 Å². The number of piperidine rings is 1. The molecule has 0 aliphatic carbocycles. The summed E-state index contributed by atoms with van der Waals surface area (Å²) in [5, 5.41) is 3.04. The van der Waals surface area contributed by atoms with Crippen LogP contribution in [-0.4, -0.2) is 21.5 Å². The summed E-state index contributed by atoms with van der Waals surface area (Å²) in [6.07, 6.45) is 3.69. The third-order valence-corrected chi connectivity index (χ3v) is 4.81. The Kier molecular flexibility index (Phi) is 4.93. The van der Waals surface area contributed by atoms with E-state index in [1.807, 2.05) is 6.07 Å². The van der Waals surface area contributed by atoms with Crippen LogP contribution in [-0.2, 0) is 4.84 Å². The summed E-state index contributed by atoms with van der Waals surface area (Å²) in [6, 6.07) is 10.5. The normalized spacial score (nSPS) is 23.4. The van der Waals surface area contributed by atoms with Crippen LogP contribution in [0, 0.1) is 0 Å². The highest BCUT2D eigenvalue weighted by Gasteiger charge is 2.43. The molecule has 20 heavy (non-hydrogen) atoms. The summed E-state index contributed by atoms with van der Waals surface area (Å²) < 4.78 is 0. The fourth-order valence-corrected chi connectivity index (χ4v) is 3.73. The van der Waals surface area contributed by atoms with Crippen LogP contribution in [0.4, 0.5) is 0 Å². The van der Waals surface area contributed by atoms with Crippen molar-refractivity contribution in [3.8, 4) is 0 Å². The zero-order valence-corrected chi connectivity index (χ0v) is 14.6. The van der Waals surface area contributed by atoms with Gasteiger partial charge in [-0.25, -0.2) is 0 Å². The molecule has 1 aromatic rings. The summed E-state index contributed by atoms with van der Waals surface area (Å²) in [5.74, 6) is 0. The second-order valence-corrected chi connectivity index (χ2v) is 7.58. The van der Waals surface area contributed by atoms with Gasteiger partial charge in [0.2, 0.25) is 0 Å². The molecule has 1 aromatic carbocycles. The molecule has 112 valence electrons. The van der Waals surface area contributed by atoms with Gasteiger partial charge in [0.15, 0.2) is 0 Å². The lowest BCUT2D eigenvalue weighted by Crippen LogP contribution is -2.58. The molecule has 1 aliphatic heterocycles. The molecular weight excluding hydrogens is 314 g/mol. The number of hydrogen-bond donors (Lipinski definition) is 0. The number of hydrogen-bond acceptors (Lipinski definition) is 2. The van der Waals surface area contributed by atoms with Gasteiger partial charge in [-0.2, -0.15) is 5.06 Å². The van der Waals surface area contributed by atoms with Gasteiger partial charge in [0.05, 0.1) is 0 Å². The predicted molar refractivity (Wildman–Crippen MR) is 87.9 cm³/mol. The van der Waals surface area contributed by atoms with Gasteiger partial charge in [0, 0.05) is 16.4 Å². The van der Waals surface area contributed by atoms with E-state index in [-0.39, 0.29) is 17.2 Å². The van der Waals surface area contributed by atoms with E-state index >= 15 is 0 Å². The first-order chi connectivity index (χ1) is 9.37. The molecule has 0 amide bonds. The number of nitrogens with zero attached hydrogens (tertiary/aromatic N) is 1. The first-order valence-corrected chi connectivity index (χ1v) is 8.57. The van der Waals surface area contributed by atoms with Crippen molar-refractivity contribution in [2.75, 3.05) is 5.33 Å². The number of rotatable bonds is 4. The first-order valence-electron chi connectivity index (χ1n) is 7.45. The zero-order chi connectivity index (χ0) is 14.8. The average molecular weight is 340 g/mol. The maximum absolute atomic E-state index is 6.44. The smallest absolute Gasteiger partial charge is 0.114 e. The molecule has 0 saturated carbocycles. The Morgan fingerprint density at radius 1 is 1.10 bits per heavy atom. The molecule has 1 fully saturated rings. The Balaban J connectivity index is 2.20. The van der Waals surface area contributed by atoms with Crippen LogP contribution in [0.25, 0.3) is 0 Å². The van der Waals surface area contributed by atoms with E-state index in [0.717, 1.165) is 5.33 Å². The van der Waals surface area contributed by atoms with Gasteiger partial charge in [0.1, 0.15) is 6.10 Å². The minimum atomic E-state index is 0.0628. The van der Waals surface area contributed by atoms with Crippen molar-refractivity contribution in [3.05, 3.63) is 35.9 Å². The Labute approximate surface area is 131 Å². The van der Waals surface area contributed by atoms with Gasteiger partial charge in [0.25, 0.3) is 0 Å². The molecular formula is C17H26BrNO. The molecule has 3 heteroatoms. The third kappa shape index (κ3) is 3.44. The van der Waals surface area contributed by atoms with Crippen LogP contribution >= 0.6 is 15.9 Å². The lowest BCUT2D eigenvalue weighted by Gasteiger charge is -2.52. The third-order valence-electron chi connectivity index (χ3n) is 4.22. The van der Waals surface area contributed by atoms with Gasteiger partial charge in [-0.15, -0.1) is 0 Å². The van der Waals surface area contributed by atoms with Gasteiger partial charge in [-0.1, -0.05) is 46.3 Å². The van der Waals surface area contributed by atoms with Gasteiger partial charge >= 0.3 is 0 Å². The predicted octanol–water partition coefficient (Wildman–Crippen LogP) is 5.10. The minimum absolute atomic E-state index is 0.0628. The van der Waals surface area contributed by atoms with E-state index in [2.05, 4.69) is 73.0 Å². The second-order valence-electron chi connectivity index (χ2n) is 6.93. The summed E-state index contributed by atoms with van der Waals surface area (Å²) in [5.41, 5.74) is 1.38. The molecule has 1 heterocycles.